The Morgan fingerprint density at radius 2 is 0.516 bits per heavy atom. The highest BCUT2D eigenvalue weighted by atomic mass is 32.1. The second-order valence-electron chi connectivity index (χ2n) is 31.0. The van der Waals surface area contributed by atoms with Crippen LogP contribution in [-0.4, -0.2) is 73.5 Å². The molecule has 0 aliphatic heterocycles. The fourth-order valence-electron chi connectivity index (χ4n) is 18.1. The van der Waals surface area contributed by atoms with Crippen LogP contribution in [0.25, 0.3) is 245 Å². The lowest BCUT2D eigenvalue weighted by Crippen LogP contribution is -2.06. The summed E-state index contributed by atoms with van der Waals surface area (Å²) in [6, 6.07) is 121. The molecule has 0 amide bonds. The highest BCUT2D eigenvalue weighted by Crippen LogP contribution is 2.49. The number of thiophene rings is 3. The number of fused-ring (bicyclic) bond motifs is 27. The monoisotopic (exact) mass is 1670 g/mol. The molecule has 588 valence electrons. The first-order chi connectivity index (χ1) is 62.5. The van der Waals surface area contributed by atoms with Gasteiger partial charge in [-0.3, -0.25) is 28.7 Å². The maximum absolute atomic E-state index is 5.12. The van der Waals surface area contributed by atoms with Crippen LogP contribution in [0.15, 0.2) is 383 Å². The average Bonchev–Trinajstić information content (AvgIpc) is 1.56. The molecule has 0 radical (unpaired) electrons. The lowest BCUT2D eigenvalue weighted by Gasteiger charge is -2.11. The fraction of sp³-hybridized carbons (Fsp3) is 0. The number of para-hydroxylation sites is 3. The van der Waals surface area contributed by atoms with E-state index in [4.69, 9.17) is 49.8 Å². The number of aromatic nitrogens is 15. The van der Waals surface area contributed by atoms with Crippen LogP contribution >= 0.6 is 34.0 Å². The minimum absolute atomic E-state index is 0.599. The summed E-state index contributed by atoms with van der Waals surface area (Å²) in [6.45, 7) is 0. The quantitative estimate of drug-likeness (QED) is 0.134. The standard InChI is InChI=1S/3C36H21N5S/c1-3-10-23(11-4-1)34-38-35(24-12-5-2-6-13-24)40-36(39-34)41-28-16-8-7-15-25(28)26-18-19-27-30-29(42-33(27)32(26)41)20-17-22-14-9-21-37-31(22)30;1-3-9-23(10-4-1)34-38-35(24-11-5-2-6-12-24)40-36(39-34)41-29-14-8-7-13-25(29)26-16-17-27-31-28-21-37-20-19-22(28)15-18-30(31)42-33(27)32(26)41;1-3-9-22(10-4-1)34-38-35(23-11-5-2-6-12-23)40-36(39-34)41-29-14-8-7-13-26(29)27-16-17-28-31-25-19-20-37-21-24(25)15-18-30(31)42-33(28)32(27)41/h3*1-21H. The molecule has 18 heteroatoms. The summed E-state index contributed by atoms with van der Waals surface area (Å²) in [6.07, 6.45) is 9.53. The van der Waals surface area contributed by atoms with E-state index in [0.717, 1.165) is 88.2 Å². The van der Waals surface area contributed by atoms with Crippen LogP contribution in [0.5, 0.6) is 0 Å². The molecule has 27 rings (SSSR count). The Morgan fingerprint density at radius 1 is 0.198 bits per heavy atom. The molecule has 0 fully saturated rings. The molecule has 15 nitrogen and oxygen atoms in total. The Hall–Kier alpha value is -16.4. The average molecular weight is 1670 g/mol. The number of hydrogen-bond donors (Lipinski definition) is 0. The summed E-state index contributed by atoms with van der Waals surface area (Å²) in [7, 11) is 0. The van der Waals surface area contributed by atoms with E-state index in [1.807, 2.05) is 242 Å². The molecule has 0 bridgehead atoms. The van der Waals surface area contributed by atoms with Gasteiger partial charge in [0.2, 0.25) is 17.8 Å². The first-order valence-corrected chi connectivity index (χ1v) is 43.9. The van der Waals surface area contributed by atoms with Gasteiger partial charge < -0.3 is 0 Å². The largest absolute Gasteiger partial charge is 0.276 e. The van der Waals surface area contributed by atoms with Crippen molar-refractivity contribution in [3.05, 3.63) is 383 Å². The zero-order valence-corrected chi connectivity index (χ0v) is 69.3. The molecule has 0 aliphatic rings. The van der Waals surface area contributed by atoms with Crippen molar-refractivity contribution in [1.82, 2.24) is 73.5 Å². The predicted molar refractivity (Wildman–Crippen MR) is 520 cm³/mol. The van der Waals surface area contributed by atoms with E-state index in [-0.39, 0.29) is 0 Å². The predicted octanol–water partition coefficient (Wildman–Crippen LogP) is 27.7. The zero-order chi connectivity index (χ0) is 82.9. The molecule has 0 saturated heterocycles. The van der Waals surface area contributed by atoms with Gasteiger partial charge in [-0.05, 0) is 65.4 Å². The Labute approximate surface area is 729 Å². The van der Waals surface area contributed by atoms with Crippen molar-refractivity contribution in [2.75, 3.05) is 0 Å². The highest BCUT2D eigenvalue weighted by molar-refractivity contribution is 7.27. The Bertz CT molecular complexity index is 8040. The number of hydrogen-bond acceptors (Lipinski definition) is 15. The molecular weight excluding hydrogens is 1600 g/mol. The molecule has 0 N–H and O–H groups in total. The van der Waals surface area contributed by atoms with Crippen molar-refractivity contribution < 1.29 is 0 Å². The van der Waals surface area contributed by atoms with E-state index in [1.165, 1.54) is 104 Å². The van der Waals surface area contributed by atoms with Gasteiger partial charge in [0.15, 0.2) is 34.9 Å². The third-order valence-corrected chi connectivity index (χ3v) is 27.3. The van der Waals surface area contributed by atoms with Gasteiger partial charge in [-0.25, -0.2) is 15.0 Å². The SMILES string of the molecule is c1ccc(-c2nc(-c3ccccc3)nc(-n3c4ccccc4c4ccc5c(sc6ccc7cccnc7c65)c43)n2)cc1.c1ccc(-c2nc(-c3ccccc3)nc(-n3c4ccccc4c4ccc5c(sc6ccc7ccncc7c65)c43)n2)cc1.c1ccc(-c2nc(-c3ccccc3)nc(-n3c4ccccc4c4ccc5c(sc6ccc7cnccc7c65)c43)n2)cc1. The van der Waals surface area contributed by atoms with Gasteiger partial charge in [0.25, 0.3) is 0 Å². The molecule has 12 heterocycles. The molecule has 0 unspecified atom stereocenters. The molecule has 0 spiro atoms. The maximum Gasteiger partial charge on any atom is 0.238 e. The van der Waals surface area contributed by atoms with Crippen molar-refractivity contribution in [2.24, 2.45) is 0 Å². The number of rotatable bonds is 9. The van der Waals surface area contributed by atoms with Gasteiger partial charge in [-0.15, -0.1) is 34.0 Å². The number of benzene rings is 15. The van der Waals surface area contributed by atoms with E-state index in [9.17, 15) is 0 Å². The molecule has 126 heavy (non-hydrogen) atoms. The second-order valence-corrected chi connectivity index (χ2v) is 34.2. The van der Waals surface area contributed by atoms with Crippen LogP contribution in [0.1, 0.15) is 0 Å². The fourth-order valence-corrected chi connectivity index (χ4v) is 21.9. The zero-order valence-electron chi connectivity index (χ0n) is 66.8. The maximum atomic E-state index is 5.12. The summed E-state index contributed by atoms with van der Waals surface area (Å²) in [5.74, 6) is 5.67. The van der Waals surface area contributed by atoms with E-state index in [1.54, 1.807) is 11.3 Å². The van der Waals surface area contributed by atoms with Crippen LogP contribution in [-0.2, 0) is 0 Å². The molecule has 0 saturated carbocycles. The highest BCUT2D eigenvalue weighted by Gasteiger charge is 2.27. The normalized spacial score (nSPS) is 11.8. The Balaban J connectivity index is 0.000000103. The van der Waals surface area contributed by atoms with Gasteiger partial charge in [-0.1, -0.05) is 297 Å². The van der Waals surface area contributed by atoms with Crippen molar-refractivity contribution in [3.63, 3.8) is 0 Å². The third kappa shape index (κ3) is 12.0. The first-order valence-electron chi connectivity index (χ1n) is 41.5. The molecule has 12 aromatic heterocycles. The lowest BCUT2D eigenvalue weighted by atomic mass is 10.0. The smallest absolute Gasteiger partial charge is 0.238 e. The summed E-state index contributed by atoms with van der Waals surface area (Å²) in [5, 5.41) is 20.2. The summed E-state index contributed by atoms with van der Waals surface area (Å²) in [4.78, 5) is 59.1. The molecular formula is C108H63N15S3. The van der Waals surface area contributed by atoms with E-state index in [2.05, 4.69) is 187 Å². The molecule has 0 aliphatic carbocycles. The van der Waals surface area contributed by atoms with Crippen LogP contribution in [0.2, 0.25) is 0 Å². The van der Waals surface area contributed by atoms with Gasteiger partial charge >= 0.3 is 0 Å². The van der Waals surface area contributed by atoms with E-state index in [0.29, 0.717) is 52.8 Å². The van der Waals surface area contributed by atoms with Crippen molar-refractivity contribution in [3.8, 4) is 86.2 Å². The molecule has 27 aromatic rings. The number of nitrogens with zero attached hydrogens (tertiary/aromatic N) is 15. The summed E-state index contributed by atoms with van der Waals surface area (Å²) < 4.78 is 14.0. The second kappa shape index (κ2) is 29.8. The number of pyridine rings is 3. The minimum atomic E-state index is 0.599. The first kappa shape index (κ1) is 72.4. The third-order valence-electron chi connectivity index (χ3n) is 23.8. The Morgan fingerprint density at radius 3 is 0.913 bits per heavy atom. The Kier molecular flexibility index (Phi) is 17.1. The van der Waals surface area contributed by atoms with Crippen LogP contribution in [0, 0.1) is 0 Å². The van der Waals surface area contributed by atoms with Gasteiger partial charge in [0.1, 0.15) is 0 Å². The summed E-state index contributed by atoms with van der Waals surface area (Å²) >= 11 is 5.43. The van der Waals surface area contributed by atoms with E-state index >= 15 is 0 Å². The molecule has 0 atom stereocenters. The van der Waals surface area contributed by atoms with Gasteiger partial charge in [0, 0.05) is 159 Å². The van der Waals surface area contributed by atoms with Crippen molar-refractivity contribution in [2.45, 2.75) is 0 Å². The van der Waals surface area contributed by atoms with Crippen molar-refractivity contribution >= 4 is 192 Å². The molecule has 15 aromatic carbocycles. The van der Waals surface area contributed by atoms with Gasteiger partial charge in [-0.2, -0.15) is 29.9 Å². The van der Waals surface area contributed by atoms with Gasteiger partial charge in [0.05, 0.1) is 52.7 Å². The summed E-state index contributed by atoms with van der Waals surface area (Å²) in [5.41, 5.74) is 13.2. The van der Waals surface area contributed by atoms with Crippen LogP contribution < -0.4 is 0 Å². The topological polar surface area (TPSA) is 169 Å². The van der Waals surface area contributed by atoms with E-state index < -0.39 is 0 Å². The van der Waals surface area contributed by atoms with Crippen molar-refractivity contribution in [1.29, 1.82) is 0 Å². The lowest BCUT2D eigenvalue weighted by molar-refractivity contribution is 0.955. The van der Waals surface area contributed by atoms with Crippen LogP contribution in [0.4, 0.5) is 0 Å². The van der Waals surface area contributed by atoms with Crippen LogP contribution in [0.3, 0.4) is 0 Å². The minimum Gasteiger partial charge on any atom is -0.276 e.